The van der Waals surface area contributed by atoms with Crippen LogP contribution < -0.4 is 0 Å². The van der Waals surface area contributed by atoms with Crippen LogP contribution in [-0.4, -0.2) is 6.21 Å². The molecule has 2 heteroatoms. The van der Waals surface area contributed by atoms with Crippen molar-refractivity contribution in [3.05, 3.63) is 35.1 Å². The van der Waals surface area contributed by atoms with E-state index in [0.717, 1.165) is 36.2 Å². The summed E-state index contributed by atoms with van der Waals surface area (Å²) in [6, 6.07) is 6.24. The van der Waals surface area contributed by atoms with Crippen LogP contribution >= 0.6 is 0 Å². The second-order valence-corrected chi connectivity index (χ2v) is 10.2. The fourth-order valence-electron chi connectivity index (χ4n) is 6.41. The molecule has 0 atom stereocenters. The molecule has 0 radical (unpaired) electrons. The molecule has 0 saturated heterocycles. The monoisotopic (exact) mass is 383 g/mol. The van der Waals surface area contributed by atoms with Crippen molar-refractivity contribution in [1.82, 2.24) is 0 Å². The van der Waals surface area contributed by atoms with Crippen molar-refractivity contribution < 1.29 is 4.39 Å². The Balaban J connectivity index is 1.32. The van der Waals surface area contributed by atoms with Crippen LogP contribution in [0.5, 0.6) is 0 Å². The van der Waals surface area contributed by atoms with Crippen LogP contribution in [-0.2, 0) is 0 Å². The van der Waals surface area contributed by atoms with E-state index in [1.165, 1.54) is 69.8 Å². The molecule has 3 saturated carbocycles. The number of rotatable bonds is 4. The minimum Gasteiger partial charge on any atom is -0.313 e. The maximum Gasteiger partial charge on any atom is 0.126 e. The summed E-state index contributed by atoms with van der Waals surface area (Å²) in [5, 5.41) is 7.48. The van der Waals surface area contributed by atoms with E-state index in [0.29, 0.717) is 17.8 Å². The maximum atomic E-state index is 15.0. The van der Waals surface area contributed by atoms with Gasteiger partial charge in [-0.1, -0.05) is 31.9 Å². The third kappa shape index (κ3) is 4.52. The van der Waals surface area contributed by atoms with Crippen LogP contribution in [0.1, 0.15) is 107 Å². The highest BCUT2D eigenvalue weighted by Gasteiger charge is 2.32. The second kappa shape index (κ2) is 9.09. The van der Waals surface area contributed by atoms with Crippen molar-refractivity contribution >= 4 is 6.21 Å². The molecule has 0 spiro atoms. The molecule has 3 aliphatic rings. The van der Waals surface area contributed by atoms with Crippen LogP contribution in [0.25, 0.3) is 0 Å². The van der Waals surface area contributed by atoms with Crippen molar-refractivity contribution in [1.29, 1.82) is 5.41 Å². The second-order valence-electron chi connectivity index (χ2n) is 10.2. The van der Waals surface area contributed by atoms with E-state index in [2.05, 4.69) is 19.1 Å². The first kappa shape index (κ1) is 20.1. The summed E-state index contributed by atoms with van der Waals surface area (Å²) in [5.41, 5.74) is 2.23. The van der Waals surface area contributed by atoms with E-state index in [4.69, 9.17) is 5.41 Å². The first-order valence-corrected chi connectivity index (χ1v) is 11.9. The third-order valence-electron chi connectivity index (χ3n) is 8.44. The third-order valence-corrected chi connectivity index (χ3v) is 8.44. The van der Waals surface area contributed by atoms with Gasteiger partial charge in [-0.05, 0) is 123 Å². The summed E-state index contributed by atoms with van der Waals surface area (Å²) >= 11 is 0. The molecule has 0 unspecified atom stereocenters. The summed E-state index contributed by atoms with van der Waals surface area (Å²) in [7, 11) is 0. The van der Waals surface area contributed by atoms with Gasteiger partial charge in [0.15, 0.2) is 0 Å². The van der Waals surface area contributed by atoms with Crippen LogP contribution in [0.2, 0.25) is 0 Å². The fraction of sp³-hybridized carbons (Fsp3) is 0.731. The Bertz CT molecular complexity index is 644. The summed E-state index contributed by atoms with van der Waals surface area (Å²) < 4.78 is 15.0. The summed E-state index contributed by atoms with van der Waals surface area (Å²) in [5.74, 6) is 4.14. The fourth-order valence-corrected chi connectivity index (χ4v) is 6.41. The van der Waals surface area contributed by atoms with Crippen molar-refractivity contribution in [3.8, 4) is 0 Å². The highest BCUT2D eigenvalue weighted by molar-refractivity contribution is 5.56. The molecule has 1 aromatic rings. The average molecular weight is 384 g/mol. The molecule has 3 fully saturated rings. The molecule has 154 valence electrons. The highest BCUT2D eigenvalue weighted by Crippen LogP contribution is 2.44. The van der Waals surface area contributed by atoms with E-state index >= 15 is 0 Å². The van der Waals surface area contributed by atoms with Crippen LogP contribution in [0.4, 0.5) is 4.39 Å². The van der Waals surface area contributed by atoms with Gasteiger partial charge in [0, 0.05) is 0 Å². The summed E-state index contributed by atoms with van der Waals surface area (Å²) in [6.45, 7) is 2.34. The topological polar surface area (TPSA) is 23.9 Å². The first-order valence-electron chi connectivity index (χ1n) is 11.9. The van der Waals surface area contributed by atoms with Crippen molar-refractivity contribution in [2.75, 3.05) is 0 Å². The molecule has 0 aliphatic heterocycles. The lowest BCUT2D eigenvalue weighted by atomic mass is 9.68. The average Bonchev–Trinajstić information content (AvgIpc) is 2.74. The number of benzene rings is 1. The Labute approximate surface area is 171 Å². The van der Waals surface area contributed by atoms with Crippen molar-refractivity contribution in [3.63, 3.8) is 0 Å². The molecule has 0 aromatic heterocycles. The Hall–Kier alpha value is -1.18. The van der Waals surface area contributed by atoms with Gasteiger partial charge >= 0.3 is 0 Å². The van der Waals surface area contributed by atoms with Gasteiger partial charge in [-0.25, -0.2) is 4.39 Å². The van der Waals surface area contributed by atoms with Gasteiger partial charge in [-0.2, -0.15) is 0 Å². The highest BCUT2D eigenvalue weighted by atomic mass is 19.1. The molecular formula is C26H38FN. The minimum absolute atomic E-state index is 0.0612. The Morgan fingerprint density at radius 3 is 1.93 bits per heavy atom. The molecule has 4 rings (SSSR count). The van der Waals surface area contributed by atoms with Gasteiger partial charge in [-0.15, -0.1) is 0 Å². The Morgan fingerprint density at radius 1 is 0.786 bits per heavy atom. The minimum atomic E-state index is 0.0612. The lowest BCUT2D eigenvalue weighted by Crippen LogP contribution is -2.26. The zero-order valence-electron chi connectivity index (χ0n) is 17.6. The zero-order chi connectivity index (χ0) is 19.5. The molecule has 1 N–H and O–H groups in total. The maximum absolute atomic E-state index is 15.0. The predicted octanol–water partition coefficient (Wildman–Crippen LogP) is 7.85. The smallest absolute Gasteiger partial charge is 0.126 e. The molecular weight excluding hydrogens is 345 g/mol. The SMILES string of the molecule is CC1CCC(c2ccc(C3CCC(C4CCC(C=N)CC4)CC3)c(F)c2)CC1. The predicted molar refractivity (Wildman–Crippen MR) is 116 cm³/mol. The van der Waals surface area contributed by atoms with Gasteiger partial charge in [0.25, 0.3) is 0 Å². The van der Waals surface area contributed by atoms with Gasteiger partial charge in [0.2, 0.25) is 0 Å². The quantitative estimate of drug-likeness (QED) is 0.512. The zero-order valence-corrected chi connectivity index (χ0v) is 17.6. The molecule has 28 heavy (non-hydrogen) atoms. The number of halogens is 1. The summed E-state index contributed by atoms with van der Waals surface area (Å²) in [4.78, 5) is 0. The number of hydrogen-bond acceptors (Lipinski definition) is 1. The largest absolute Gasteiger partial charge is 0.313 e. The van der Waals surface area contributed by atoms with Crippen molar-refractivity contribution in [2.24, 2.45) is 23.7 Å². The Morgan fingerprint density at radius 2 is 1.36 bits per heavy atom. The molecule has 0 heterocycles. The molecule has 0 amide bonds. The first-order chi connectivity index (χ1) is 13.6. The molecule has 0 bridgehead atoms. The molecule has 3 aliphatic carbocycles. The Kier molecular flexibility index (Phi) is 6.53. The van der Waals surface area contributed by atoms with E-state index in [1.807, 2.05) is 6.07 Å². The van der Waals surface area contributed by atoms with E-state index in [-0.39, 0.29) is 5.82 Å². The lowest BCUT2D eigenvalue weighted by molar-refractivity contribution is 0.175. The molecule has 1 aromatic carbocycles. The van der Waals surface area contributed by atoms with Crippen LogP contribution in [0.3, 0.4) is 0 Å². The van der Waals surface area contributed by atoms with E-state index in [1.54, 1.807) is 6.21 Å². The van der Waals surface area contributed by atoms with Crippen LogP contribution in [0, 0.1) is 34.9 Å². The van der Waals surface area contributed by atoms with Gasteiger partial charge < -0.3 is 5.41 Å². The number of hydrogen-bond donors (Lipinski definition) is 1. The normalized spacial score (nSPS) is 36.8. The summed E-state index contributed by atoms with van der Waals surface area (Å²) in [6.07, 6.45) is 16.6. The van der Waals surface area contributed by atoms with Gasteiger partial charge in [0.05, 0.1) is 0 Å². The van der Waals surface area contributed by atoms with Gasteiger partial charge in [0.1, 0.15) is 5.82 Å². The number of nitrogens with one attached hydrogen (secondary N) is 1. The van der Waals surface area contributed by atoms with Gasteiger partial charge in [-0.3, -0.25) is 0 Å². The van der Waals surface area contributed by atoms with Crippen LogP contribution in [0.15, 0.2) is 18.2 Å². The lowest BCUT2D eigenvalue weighted by Gasteiger charge is -2.37. The standard InChI is InChI=1S/C26H38FN/c1-18-2-6-22(7-3-18)24-14-15-25(26(27)16-24)23-12-10-21(11-13-23)20-8-4-19(17-28)5-9-20/h14-23,28H,2-13H2,1H3. The molecule has 1 nitrogen and oxygen atoms in total. The van der Waals surface area contributed by atoms with E-state index in [9.17, 15) is 4.39 Å². The van der Waals surface area contributed by atoms with Crippen molar-refractivity contribution in [2.45, 2.75) is 95.8 Å². The van der Waals surface area contributed by atoms with E-state index < -0.39 is 0 Å².